The number of halogens is 1. The maximum absolute atomic E-state index is 12.4. The van der Waals surface area contributed by atoms with E-state index in [2.05, 4.69) is 41.6 Å². The molecule has 170 valence electrons. The van der Waals surface area contributed by atoms with E-state index < -0.39 is 0 Å². The van der Waals surface area contributed by atoms with Crippen molar-refractivity contribution in [2.45, 2.75) is 12.1 Å². The number of hydrogen-bond acceptors (Lipinski definition) is 6. The van der Waals surface area contributed by atoms with Gasteiger partial charge in [-0.3, -0.25) is 14.3 Å². The molecule has 2 heterocycles. The summed E-state index contributed by atoms with van der Waals surface area (Å²) < 4.78 is 2.68. The van der Waals surface area contributed by atoms with Crippen LogP contribution >= 0.6 is 27.7 Å². The van der Waals surface area contributed by atoms with E-state index in [4.69, 9.17) is 0 Å². The summed E-state index contributed by atoms with van der Waals surface area (Å²) in [7, 11) is 0. The molecule has 0 radical (unpaired) electrons. The number of allylic oxidation sites excluding steroid dienone is 1. The van der Waals surface area contributed by atoms with Gasteiger partial charge in [0.2, 0.25) is 0 Å². The van der Waals surface area contributed by atoms with Crippen LogP contribution in [0.5, 0.6) is 0 Å². The highest BCUT2D eigenvalue weighted by Gasteiger charge is 2.17. The molecule has 7 nitrogen and oxygen atoms in total. The van der Waals surface area contributed by atoms with E-state index in [9.17, 15) is 4.79 Å². The number of hydrogen-bond donors (Lipinski definition) is 1. The molecule has 0 aliphatic rings. The number of aromatic nitrogens is 4. The van der Waals surface area contributed by atoms with Gasteiger partial charge in [0.15, 0.2) is 11.0 Å². The van der Waals surface area contributed by atoms with E-state index in [0.717, 1.165) is 26.9 Å². The number of benzene rings is 2. The van der Waals surface area contributed by atoms with E-state index in [-0.39, 0.29) is 11.7 Å². The first-order valence-electron chi connectivity index (χ1n) is 10.4. The summed E-state index contributed by atoms with van der Waals surface area (Å²) in [6, 6.07) is 21.7. The minimum atomic E-state index is -0.245. The lowest BCUT2D eigenvalue weighted by Gasteiger charge is -2.10. The van der Waals surface area contributed by atoms with Crippen molar-refractivity contribution >= 4 is 45.9 Å². The van der Waals surface area contributed by atoms with E-state index in [0.29, 0.717) is 11.0 Å². The molecular weight excluding hydrogens is 512 g/mol. The summed E-state index contributed by atoms with van der Waals surface area (Å²) in [5, 5.41) is 13.3. The Balaban J connectivity index is 1.45. The van der Waals surface area contributed by atoms with Gasteiger partial charge in [0.05, 0.1) is 12.0 Å². The van der Waals surface area contributed by atoms with Gasteiger partial charge in [0.1, 0.15) is 0 Å². The number of pyridine rings is 1. The van der Waals surface area contributed by atoms with Crippen LogP contribution in [0, 0.1) is 6.92 Å². The van der Waals surface area contributed by atoms with Gasteiger partial charge in [-0.2, -0.15) is 5.10 Å². The molecule has 1 N–H and O–H groups in total. The van der Waals surface area contributed by atoms with E-state index in [1.54, 1.807) is 18.6 Å². The molecule has 0 aliphatic carbocycles. The van der Waals surface area contributed by atoms with Gasteiger partial charge < -0.3 is 0 Å². The fraction of sp³-hybridized carbons (Fsp3) is 0.0800. The molecule has 0 unspecified atom stereocenters. The van der Waals surface area contributed by atoms with Gasteiger partial charge in [0, 0.05) is 28.1 Å². The Morgan fingerprint density at radius 2 is 1.79 bits per heavy atom. The summed E-state index contributed by atoms with van der Waals surface area (Å²) in [5.41, 5.74) is 6.54. The van der Waals surface area contributed by atoms with Crippen molar-refractivity contribution in [1.82, 2.24) is 25.2 Å². The third kappa shape index (κ3) is 6.27. The van der Waals surface area contributed by atoms with Crippen molar-refractivity contribution in [3.63, 3.8) is 0 Å². The maximum Gasteiger partial charge on any atom is 0.250 e. The number of hydrazone groups is 1. The Morgan fingerprint density at radius 1 is 1.06 bits per heavy atom. The number of carbonyl (C=O) groups excluding carboxylic acids is 1. The molecule has 0 saturated heterocycles. The zero-order valence-corrected chi connectivity index (χ0v) is 20.7. The van der Waals surface area contributed by atoms with Gasteiger partial charge in [-0.1, -0.05) is 59.8 Å². The maximum atomic E-state index is 12.4. The second-order valence-corrected chi connectivity index (χ2v) is 9.09. The summed E-state index contributed by atoms with van der Waals surface area (Å²) >= 11 is 4.73. The number of nitrogens with zero attached hydrogens (tertiary/aromatic N) is 5. The van der Waals surface area contributed by atoms with Crippen LogP contribution < -0.4 is 5.43 Å². The standard InChI is InChI=1S/C25H21BrN6OS/c1-18-7-9-22(10-8-18)32-24(20-11-13-27-14-12-20)30-31-25(32)34-17-23(33)29-28-16-21(26)15-19-5-3-2-4-6-19/h2-16H,17H2,1H3,(H,29,33). The predicted molar refractivity (Wildman–Crippen MR) is 140 cm³/mol. The lowest BCUT2D eigenvalue weighted by atomic mass is 10.2. The first-order valence-corrected chi connectivity index (χ1v) is 12.2. The summed E-state index contributed by atoms with van der Waals surface area (Å²) in [5.74, 6) is 0.574. The first-order chi connectivity index (χ1) is 16.6. The largest absolute Gasteiger partial charge is 0.272 e. The Morgan fingerprint density at radius 3 is 2.53 bits per heavy atom. The molecule has 0 spiro atoms. The highest BCUT2D eigenvalue weighted by Crippen LogP contribution is 2.27. The van der Waals surface area contributed by atoms with Gasteiger partial charge in [-0.25, -0.2) is 5.43 Å². The van der Waals surface area contributed by atoms with Crippen LogP contribution in [-0.4, -0.2) is 37.6 Å². The topological polar surface area (TPSA) is 85.1 Å². The monoisotopic (exact) mass is 532 g/mol. The Kier molecular flexibility index (Phi) is 8.00. The van der Waals surface area contributed by atoms with Crippen LogP contribution in [-0.2, 0) is 4.79 Å². The SMILES string of the molecule is Cc1ccc(-n2c(SCC(=O)NN=CC(Br)=Cc3ccccc3)nnc2-c2ccncc2)cc1. The minimum absolute atomic E-state index is 0.137. The zero-order chi connectivity index (χ0) is 23.8. The summed E-state index contributed by atoms with van der Waals surface area (Å²) in [4.78, 5) is 16.5. The van der Waals surface area contributed by atoms with E-state index in [1.165, 1.54) is 11.8 Å². The van der Waals surface area contributed by atoms with Crippen molar-refractivity contribution < 1.29 is 4.79 Å². The average Bonchev–Trinajstić information content (AvgIpc) is 3.28. The van der Waals surface area contributed by atoms with Crippen LogP contribution in [0.25, 0.3) is 23.2 Å². The number of rotatable bonds is 8. The van der Waals surface area contributed by atoms with Crippen molar-refractivity contribution in [2.24, 2.45) is 5.10 Å². The minimum Gasteiger partial charge on any atom is -0.272 e. The zero-order valence-electron chi connectivity index (χ0n) is 18.3. The molecule has 1 amide bonds. The number of nitrogens with one attached hydrogen (secondary N) is 1. The second-order valence-electron chi connectivity index (χ2n) is 7.23. The lowest BCUT2D eigenvalue weighted by Crippen LogP contribution is -2.19. The fourth-order valence-corrected chi connectivity index (χ4v) is 4.16. The van der Waals surface area contributed by atoms with Crippen LogP contribution in [0.15, 0.2) is 93.9 Å². The molecule has 2 aromatic carbocycles. The smallest absolute Gasteiger partial charge is 0.250 e. The van der Waals surface area contributed by atoms with Gasteiger partial charge >= 0.3 is 0 Å². The van der Waals surface area contributed by atoms with Gasteiger partial charge in [0.25, 0.3) is 5.91 Å². The highest BCUT2D eigenvalue weighted by atomic mass is 79.9. The predicted octanol–water partition coefficient (Wildman–Crippen LogP) is 5.27. The van der Waals surface area contributed by atoms with Gasteiger partial charge in [-0.05, 0) is 58.8 Å². The number of carbonyl (C=O) groups is 1. The third-order valence-corrected chi connectivity index (χ3v) is 6.04. The van der Waals surface area contributed by atoms with Crippen LogP contribution in [0.2, 0.25) is 0 Å². The first kappa shape index (κ1) is 23.6. The molecule has 0 aliphatic heterocycles. The molecule has 2 aromatic heterocycles. The highest BCUT2D eigenvalue weighted by molar-refractivity contribution is 9.12. The molecule has 0 atom stereocenters. The Hall–Kier alpha value is -3.56. The Bertz CT molecular complexity index is 1300. The lowest BCUT2D eigenvalue weighted by molar-refractivity contribution is -0.118. The third-order valence-electron chi connectivity index (χ3n) is 4.68. The number of thioether (sulfide) groups is 1. The Labute approximate surface area is 210 Å². The van der Waals surface area contributed by atoms with E-state index in [1.807, 2.05) is 84.3 Å². The molecule has 0 saturated carbocycles. The van der Waals surface area contributed by atoms with Crippen molar-refractivity contribution in [3.05, 3.63) is 94.7 Å². The average molecular weight is 533 g/mol. The molecule has 4 aromatic rings. The van der Waals surface area contributed by atoms with Crippen molar-refractivity contribution in [2.75, 3.05) is 5.75 Å². The summed E-state index contributed by atoms with van der Waals surface area (Å²) in [6.07, 6.45) is 6.89. The molecule has 4 rings (SSSR count). The molecule has 0 fully saturated rings. The van der Waals surface area contributed by atoms with Crippen LogP contribution in [0.3, 0.4) is 0 Å². The second kappa shape index (κ2) is 11.5. The van der Waals surface area contributed by atoms with Crippen LogP contribution in [0.1, 0.15) is 11.1 Å². The molecule has 34 heavy (non-hydrogen) atoms. The number of amides is 1. The molecule has 0 bridgehead atoms. The number of aryl methyl sites for hydroxylation is 1. The normalized spacial score (nSPS) is 11.6. The summed E-state index contributed by atoms with van der Waals surface area (Å²) in [6.45, 7) is 2.04. The van der Waals surface area contributed by atoms with Crippen molar-refractivity contribution in [1.29, 1.82) is 0 Å². The van der Waals surface area contributed by atoms with Gasteiger partial charge in [-0.15, -0.1) is 10.2 Å². The molecule has 9 heteroatoms. The quantitative estimate of drug-likeness (QED) is 0.190. The van der Waals surface area contributed by atoms with E-state index >= 15 is 0 Å². The molecular formula is C25H21BrN6OS. The van der Waals surface area contributed by atoms with Crippen LogP contribution in [0.4, 0.5) is 0 Å². The fourth-order valence-electron chi connectivity index (χ4n) is 3.05. The van der Waals surface area contributed by atoms with Crippen molar-refractivity contribution in [3.8, 4) is 17.1 Å².